The first kappa shape index (κ1) is 14.8. The Hall–Kier alpha value is -2.13. The minimum Gasteiger partial charge on any atom is -0.441 e. The fraction of sp³-hybridized carbons (Fsp3) is 0.385. The highest BCUT2D eigenvalue weighted by Crippen LogP contribution is 2.25. The van der Waals surface area contributed by atoms with Gasteiger partial charge >= 0.3 is 6.09 Å². The molecule has 1 aromatic carbocycles. The number of hydrogen-bond donors (Lipinski definition) is 0. The van der Waals surface area contributed by atoms with Crippen LogP contribution in [0.25, 0.3) is 10.9 Å². The maximum atomic E-state index is 11.9. The van der Waals surface area contributed by atoms with Gasteiger partial charge in [-0.1, -0.05) is 0 Å². The molecule has 1 aliphatic rings. The van der Waals surface area contributed by atoms with Crippen LogP contribution in [0.2, 0.25) is 0 Å². The summed E-state index contributed by atoms with van der Waals surface area (Å²) < 4.78 is 33.5. The van der Waals surface area contributed by atoms with Gasteiger partial charge in [0.25, 0.3) is 10.1 Å². The van der Waals surface area contributed by atoms with Crippen LogP contribution >= 0.6 is 0 Å². The highest BCUT2D eigenvalue weighted by Gasteiger charge is 2.33. The molecule has 3 rings (SSSR count). The van der Waals surface area contributed by atoms with Crippen LogP contribution in [0.1, 0.15) is 0 Å². The Balaban J connectivity index is 1.77. The molecule has 1 saturated heterocycles. The summed E-state index contributed by atoms with van der Waals surface area (Å²) >= 11 is 0. The van der Waals surface area contributed by atoms with Crippen molar-refractivity contribution in [2.45, 2.75) is 6.10 Å². The number of benzene rings is 1. The molecule has 0 radical (unpaired) electrons. The van der Waals surface area contributed by atoms with Crippen molar-refractivity contribution in [2.75, 3.05) is 24.3 Å². The number of aryl methyl sites for hydroxylation is 1. The van der Waals surface area contributed by atoms with Crippen LogP contribution in [0.4, 0.5) is 10.5 Å². The zero-order valence-corrected chi connectivity index (χ0v) is 12.9. The molecular formula is C13H15N3O5S. The Kier molecular flexibility index (Phi) is 3.53. The van der Waals surface area contributed by atoms with E-state index in [0.717, 1.165) is 17.2 Å². The molecule has 118 valence electrons. The van der Waals surface area contributed by atoms with Gasteiger partial charge in [-0.15, -0.1) is 0 Å². The molecule has 0 saturated carbocycles. The molecule has 2 aromatic rings. The van der Waals surface area contributed by atoms with Gasteiger partial charge in [0, 0.05) is 18.1 Å². The number of carbonyl (C=O) groups is 1. The van der Waals surface area contributed by atoms with Crippen molar-refractivity contribution in [1.82, 2.24) is 9.78 Å². The monoisotopic (exact) mass is 325 g/mol. The Morgan fingerprint density at radius 1 is 1.45 bits per heavy atom. The lowest BCUT2D eigenvalue weighted by Crippen LogP contribution is -2.26. The fourth-order valence-electron chi connectivity index (χ4n) is 2.34. The summed E-state index contributed by atoms with van der Waals surface area (Å²) in [5.74, 6) is 0. The number of amides is 1. The highest BCUT2D eigenvalue weighted by molar-refractivity contribution is 7.85. The number of hydrogen-bond acceptors (Lipinski definition) is 6. The zero-order chi connectivity index (χ0) is 15.9. The summed E-state index contributed by atoms with van der Waals surface area (Å²) in [6.07, 6.45) is 1.53. The molecule has 22 heavy (non-hydrogen) atoms. The van der Waals surface area contributed by atoms with Gasteiger partial charge in [0.2, 0.25) is 0 Å². The molecule has 0 spiro atoms. The Morgan fingerprint density at radius 2 is 2.23 bits per heavy atom. The van der Waals surface area contributed by atoms with Crippen LogP contribution in [0.15, 0.2) is 24.4 Å². The standard InChI is InChI=1S/C13H15N3O5S/c1-15-12-4-3-10(5-9(12)6-14-15)16-7-11(21-13(16)17)8-20-22(2,18)19/h3-6,11H,7-8H2,1-2H3. The lowest BCUT2D eigenvalue weighted by atomic mass is 10.2. The molecule has 1 atom stereocenters. The largest absolute Gasteiger partial charge is 0.441 e. The van der Waals surface area contributed by atoms with Crippen molar-refractivity contribution >= 4 is 32.8 Å². The van der Waals surface area contributed by atoms with Crippen LogP contribution in [-0.4, -0.2) is 49.8 Å². The average molecular weight is 325 g/mol. The van der Waals surface area contributed by atoms with Gasteiger partial charge in [0.1, 0.15) is 12.7 Å². The molecular weight excluding hydrogens is 310 g/mol. The number of anilines is 1. The first-order chi connectivity index (χ1) is 10.3. The number of nitrogens with zero attached hydrogens (tertiary/aromatic N) is 3. The van der Waals surface area contributed by atoms with Gasteiger partial charge in [-0.25, -0.2) is 4.79 Å². The Bertz CT molecular complexity index is 829. The van der Waals surface area contributed by atoms with E-state index in [0.29, 0.717) is 5.69 Å². The molecule has 1 aromatic heterocycles. The predicted octanol–water partition coefficient (Wildman–Crippen LogP) is 0.875. The second-order valence-electron chi connectivity index (χ2n) is 5.12. The second kappa shape index (κ2) is 5.25. The summed E-state index contributed by atoms with van der Waals surface area (Å²) in [5, 5.41) is 5.06. The van der Waals surface area contributed by atoms with E-state index in [-0.39, 0.29) is 13.2 Å². The predicted molar refractivity (Wildman–Crippen MR) is 79.1 cm³/mol. The van der Waals surface area contributed by atoms with E-state index >= 15 is 0 Å². The van der Waals surface area contributed by atoms with Gasteiger partial charge in [0.15, 0.2) is 0 Å². The average Bonchev–Trinajstić information content (AvgIpc) is 2.99. The summed E-state index contributed by atoms with van der Waals surface area (Å²) in [6.45, 7) is 0.0519. The molecule has 1 fully saturated rings. The van der Waals surface area contributed by atoms with Crippen LogP contribution in [0.3, 0.4) is 0 Å². The van der Waals surface area contributed by atoms with Crippen LogP contribution in [0, 0.1) is 0 Å². The Morgan fingerprint density at radius 3 is 2.95 bits per heavy atom. The smallest absolute Gasteiger partial charge is 0.414 e. The first-order valence-corrected chi connectivity index (χ1v) is 8.39. The van der Waals surface area contributed by atoms with Crippen molar-refractivity contribution in [1.29, 1.82) is 0 Å². The Labute approximate surface area is 127 Å². The van der Waals surface area contributed by atoms with Crippen molar-refractivity contribution in [2.24, 2.45) is 7.05 Å². The molecule has 8 nitrogen and oxygen atoms in total. The van der Waals surface area contributed by atoms with Crippen LogP contribution < -0.4 is 4.90 Å². The first-order valence-electron chi connectivity index (χ1n) is 6.58. The van der Waals surface area contributed by atoms with E-state index < -0.39 is 22.3 Å². The van der Waals surface area contributed by atoms with Crippen molar-refractivity contribution in [3.63, 3.8) is 0 Å². The van der Waals surface area contributed by atoms with Gasteiger partial charge in [0.05, 0.1) is 24.5 Å². The van der Waals surface area contributed by atoms with Crippen molar-refractivity contribution in [3.8, 4) is 0 Å². The molecule has 1 amide bonds. The second-order valence-corrected chi connectivity index (χ2v) is 6.76. The molecule has 0 bridgehead atoms. The number of rotatable bonds is 4. The summed E-state index contributed by atoms with van der Waals surface area (Å²) in [4.78, 5) is 13.4. The normalized spacial score (nSPS) is 18.9. The van der Waals surface area contributed by atoms with E-state index in [4.69, 9.17) is 4.74 Å². The molecule has 1 aliphatic heterocycles. The number of carbonyl (C=O) groups excluding carboxylic acids is 1. The molecule has 0 N–H and O–H groups in total. The highest BCUT2D eigenvalue weighted by atomic mass is 32.2. The molecule has 9 heteroatoms. The third kappa shape index (κ3) is 2.90. The van der Waals surface area contributed by atoms with Gasteiger partial charge in [-0.3, -0.25) is 13.8 Å². The van der Waals surface area contributed by atoms with E-state index in [1.54, 1.807) is 16.9 Å². The maximum absolute atomic E-state index is 11.9. The minimum absolute atomic E-state index is 0.184. The third-order valence-electron chi connectivity index (χ3n) is 3.38. The fourth-order valence-corrected chi connectivity index (χ4v) is 2.74. The summed E-state index contributed by atoms with van der Waals surface area (Å²) in [6, 6.07) is 5.50. The van der Waals surface area contributed by atoms with E-state index in [2.05, 4.69) is 9.28 Å². The molecule has 2 heterocycles. The number of fused-ring (bicyclic) bond motifs is 1. The van der Waals surface area contributed by atoms with Crippen LogP contribution in [0.5, 0.6) is 0 Å². The zero-order valence-electron chi connectivity index (χ0n) is 12.1. The molecule has 1 unspecified atom stereocenters. The molecule has 0 aliphatic carbocycles. The number of cyclic esters (lactones) is 1. The van der Waals surface area contributed by atoms with Gasteiger partial charge < -0.3 is 4.74 Å². The third-order valence-corrected chi connectivity index (χ3v) is 3.95. The number of aromatic nitrogens is 2. The van der Waals surface area contributed by atoms with Crippen LogP contribution in [-0.2, 0) is 26.1 Å². The SMILES string of the molecule is Cn1ncc2cc(N3CC(COS(C)(=O)=O)OC3=O)ccc21. The quantitative estimate of drug-likeness (QED) is 0.775. The van der Waals surface area contributed by atoms with Crippen molar-refractivity contribution < 1.29 is 22.1 Å². The lowest BCUT2D eigenvalue weighted by molar-refractivity contribution is 0.107. The van der Waals surface area contributed by atoms with E-state index in [9.17, 15) is 13.2 Å². The minimum atomic E-state index is -3.56. The number of ether oxygens (including phenoxy) is 1. The summed E-state index contributed by atoms with van der Waals surface area (Å²) in [5.41, 5.74) is 1.63. The van der Waals surface area contributed by atoms with E-state index in [1.165, 1.54) is 4.90 Å². The topological polar surface area (TPSA) is 90.7 Å². The van der Waals surface area contributed by atoms with E-state index in [1.807, 2.05) is 19.2 Å². The van der Waals surface area contributed by atoms with Gasteiger partial charge in [-0.2, -0.15) is 13.5 Å². The summed E-state index contributed by atoms with van der Waals surface area (Å²) in [7, 11) is -1.72. The van der Waals surface area contributed by atoms with Gasteiger partial charge in [-0.05, 0) is 18.2 Å². The lowest BCUT2D eigenvalue weighted by Gasteiger charge is -2.13. The maximum Gasteiger partial charge on any atom is 0.414 e. The van der Waals surface area contributed by atoms with Crippen molar-refractivity contribution in [3.05, 3.63) is 24.4 Å².